The van der Waals surface area contributed by atoms with Crippen LogP contribution in [0.2, 0.25) is 0 Å². The fourth-order valence-electron chi connectivity index (χ4n) is 2.97. The first-order chi connectivity index (χ1) is 7.84. The maximum atomic E-state index is 3.64. The van der Waals surface area contributed by atoms with E-state index in [1.165, 1.54) is 19.4 Å². The molecule has 2 heteroatoms. The maximum absolute atomic E-state index is 3.64. The van der Waals surface area contributed by atoms with E-state index in [1.807, 2.05) is 0 Å². The van der Waals surface area contributed by atoms with Gasteiger partial charge in [-0.1, -0.05) is 27.7 Å². The summed E-state index contributed by atoms with van der Waals surface area (Å²) in [7, 11) is 0. The lowest BCUT2D eigenvalue weighted by Gasteiger charge is -2.41. The zero-order valence-electron chi connectivity index (χ0n) is 12.7. The molecule has 0 aromatic rings. The summed E-state index contributed by atoms with van der Waals surface area (Å²) in [5.74, 6) is 1.47. The summed E-state index contributed by atoms with van der Waals surface area (Å²) < 4.78 is 0. The second-order valence-electron chi connectivity index (χ2n) is 6.97. The van der Waals surface area contributed by atoms with E-state index in [0.29, 0.717) is 11.6 Å². The van der Waals surface area contributed by atoms with Crippen LogP contribution in [0.5, 0.6) is 0 Å². The van der Waals surface area contributed by atoms with Crippen LogP contribution >= 0.6 is 0 Å². The van der Waals surface area contributed by atoms with E-state index in [0.717, 1.165) is 24.9 Å². The lowest BCUT2D eigenvalue weighted by atomic mass is 9.95. The summed E-state index contributed by atoms with van der Waals surface area (Å²) >= 11 is 0. The molecule has 1 aliphatic rings. The van der Waals surface area contributed by atoms with Gasteiger partial charge in [0.25, 0.3) is 0 Å². The first kappa shape index (κ1) is 15.0. The third-order valence-electron chi connectivity index (χ3n) is 4.04. The van der Waals surface area contributed by atoms with Gasteiger partial charge in [-0.2, -0.15) is 0 Å². The Morgan fingerprint density at radius 3 is 2.18 bits per heavy atom. The third kappa shape index (κ3) is 4.26. The summed E-state index contributed by atoms with van der Waals surface area (Å²) in [6.45, 7) is 17.6. The van der Waals surface area contributed by atoms with Crippen molar-refractivity contribution < 1.29 is 0 Å². The van der Waals surface area contributed by atoms with Gasteiger partial charge in [-0.25, -0.2) is 0 Å². The Morgan fingerprint density at radius 2 is 1.76 bits per heavy atom. The SMILES string of the molecule is CC(C)CNCC(C(C)C)N1CCCC1(C)C. The molecule has 1 heterocycles. The van der Waals surface area contributed by atoms with E-state index in [4.69, 9.17) is 0 Å². The van der Waals surface area contributed by atoms with Crippen molar-refractivity contribution in [2.45, 2.75) is 66.0 Å². The lowest BCUT2D eigenvalue weighted by molar-refractivity contribution is 0.0848. The average molecular weight is 240 g/mol. The van der Waals surface area contributed by atoms with E-state index >= 15 is 0 Å². The first-order valence-electron chi connectivity index (χ1n) is 7.32. The van der Waals surface area contributed by atoms with Crippen LogP contribution in [0.3, 0.4) is 0 Å². The minimum absolute atomic E-state index is 0.397. The van der Waals surface area contributed by atoms with E-state index in [-0.39, 0.29) is 0 Å². The molecule has 0 spiro atoms. The molecule has 1 saturated heterocycles. The number of hydrogen-bond acceptors (Lipinski definition) is 2. The number of rotatable bonds is 6. The Labute approximate surface area is 108 Å². The maximum Gasteiger partial charge on any atom is 0.0248 e. The fraction of sp³-hybridized carbons (Fsp3) is 1.00. The van der Waals surface area contributed by atoms with Gasteiger partial charge in [0.1, 0.15) is 0 Å². The second kappa shape index (κ2) is 6.19. The van der Waals surface area contributed by atoms with Gasteiger partial charge in [0.05, 0.1) is 0 Å². The zero-order chi connectivity index (χ0) is 13.1. The predicted molar refractivity (Wildman–Crippen MR) is 76.4 cm³/mol. The smallest absolute Gasteiger partial charge is 0.0248 e. The van der Waals surface area contributed by atoms with Crippen LogP contribution in [0.1, 0.15) is 54.4 Å². The highest BCUT2D eigenvalue weighted by atomic mass is 15.3. The highest BCUT2D eigenvalue weighted by Gasteiger charge is 2.37. The Hall–Kier alpha value is -0.0800. The van der Waals surface area contributed by atoms with Crippen LogP contribution in [0.25, 0.3) is 0 Å². The van der Waals surface area contributed by atoms with Crippen LogP contribution in [-0.2, 0) is 0 Å². The summed E-state index contributed by atoms with van der Waals surface area (Å²) in [4.78, 5) is 2.73. The molecular weight excluding hydrogens is 208 g/mol. The summed E-state index contributed by atoms with van der Waals surface area (Å²) in [6.07, 6.45) is 2.71. The van der Waals surface area contributed by atoms with E-state index in [1.54, 1.807) is 0 Å². The van der Waals surface area contributed by atoms with E-state index in [2.05, 4.69) is 51.8 Å². The molecule has 1 N–H and O–H groups in total. The molecule has 1 fully saturated rings. The molecule has 0 aromatic heterocycles. The van der Waals surface area contributed by atoms with Crippen molar-refractivity contribution >= 4 is 0 Å². The Balaban J connectivity index is 2.53. The Kier molecular flexibility index (Phi) is 5.46. The van der Waals surface area contributed by atoms with Gasteiger partial charge in [-0.15, -0.1) is 0 Å². The first-order valence-corrected chi connectivity index (χ1v) is 7.32. The number of nitrogens with zero attached hydrogens (tertiary/aromatic N) is 1. The topological polar surface area (TPSA) is 15.3 Å². The Bertz CT molecular complexity index is 221. The van der Waals surface area contributed by atoms with Crippen molar-refractivity contribution in [3.05, 3.63) is 0 Å². The molecule has 0 aliphatic carbocycles. The summed E-state index contributed by atoms with van der Waals surface area (Å²) in [5.41, 5.74) is 0.397. The second-order valence-corrected chi connectivity index (χ2v) is 6.97. The summed E-state index contributed by atoms with van der Waals surface area (Å²) in [6, 6.07) is 0.686. The van der Waals surface area contributed by atoms with Crippen molar-refractivity contribution in [1.29, 1.82) is 0 Å². The molecule has 17 heavy (non-hydrogen) atoms. The molecule has 2 nitrogen and oxygen atoms in total. The molecule has 1 aliphatic heterocycles. The van der Waals surface area contributed by atoms with Crippen LogP contribution in [0.15, 0.2) is 0 Å². The number of likely N-dealkylation sites (tertiary alicyclic amines) is 1. The molecule has 0 saturated carbocycles. The Morgan fingerprint density at radius 1 is 1.12 bits per heavy atom. The minimum atomic E-state index is 0.397. The molecule has 102 valence electrons. The van der Waals surface area contributed by atoms with Crippen LogP contribution < -0.4 is 5.32 Å². The van der Waals surface area contributed by atoms with Gasteiger partial charge >= 0.3 is 0 Å². The van der Waals surface area contributed by atoms with Crippen molar-refractivity contribution in [2.24, 2.45) is 11.8 Å². The molecule has 0 bridgehead atoms. The minimum Gasteiger partial charge on any atom is -0.315 e. The molecule has 0 radical (unpaired) electrons. The van der Waals surface area contributed by atoms with E-state index < -0.39 is 0 Å². The molecule has 0 aromatic carbocycles. The molecule has 1 rings (SSSR count). The van der Waals surface area contributed by atoms with Crippen molar-refractivity contribution in [1.82, 2.24) is 10.2 Å². The van der Waals surface area contributed by atoms with Crippen LogP contribution in [-0.4, -0.2) is 36.1 Å². The van der Waals surface area contributed by atoms with Gasteiger partial charge in [0, 0.05) is 18.1 Å². The fourth-order valence-corrected chi connectivity index (χ4v) is 2.97. The highest BCUT2D eigenvalue weighted by Crippen LogP contribution is 2.32. The molecular formula is C15H32N2. The van der Waals surface area contributed by atoms with Crippen molar-refractivity contribution in [3.8, 4) is 0 Å². The summed E-state index contributed by atoms with van der Waals surface area (Å²) in [5, 5.41) is 3.64. The van der Waals surface area contributed by atoms with E-state index in [9.17, 15) is 0 Å². The largest absolute Gasteiger partial charge is 0.315 e. The standard InChI is InChI=1S/C15H32N2/c1-12(2)10-16-11-14(13(3)4)17-9-7-8-15(17,5)6/h12-14,16H,7-11H2,1-6H3. The number of hydrogen-bond donors (Lipinski definition) is 1. The third-order valence-corrected chi connectivity index (χ3v) is 4.04. The van der Waals surface area contributed by atoms with Gasteiger partial charge in [-0.05, 0) is 51.6 Å². The van der Waals surface area contributed by atoms with Gasteiger partial charge < -0.3 is 5.32 Å². The monoisotopic (exact) mass is 240 g/mol. The molecule has 0 amide bonds. The van der Waals surface area contributed by atoms with Crippen molar-refractivity contribution in [2.75, 3.05) is 19.6 Å². The lowest BCUT2D eigenvalue weighted by Crippen LogP contribution is -2.52. The van der Waals surface area contributed by atoms with Crippen LogP contribution in [0, 0.1) is 11.8 Å². The molecule has 1 atom stereocenters. The highest BCUT2D eigenvalue weighted by molar-refractivity contribution is 4.93. The predicted octanol–water partition coefficient (Wildman–Crippen LogP) is 3.13. The van der Waals surface area contributed by atoms with Crippen molar-refractivity contribution in [3.63, 3.8) is 0 Å². The van der Waals surface area contributed by atoms with Crippen LogP contribution in [0.4, 0.5) is 0 Å². The molecule has 1 unspecified atom stereocenters. The average Bonchev–Trinajstić information content (AvgIpc) is 2.52. The van der Waals surface area contributed by atoms with Gasteiger partial charge in [0.15, 0.2) is 0 Å². The quantitative estimate of drug-likeness (QED) is 0.767. The number of nitrogens with one attached hydrogen (secondary N) is 1. The van der Waals surface area contributed by atoms with Gasteiger partial charge in [0.2, 0.25) is 0 Å². The van der Waals surface area contributed by atoms with Gasteiger partial charge in [-0.3, -0.25) is 4.90 Å². The zero-order valence-corrected chi connectivity index (χ0v) is 12.7. The normalized spacial score (nSPS) is 22.6.